The molecule has 6 atom stereocenters. The van der Waals surface area contributed by atoms with Gasteiger partial charge in [-0.25, -0.2) is 0 Å². The molecule has 0 amide bonds. The minimum Gasteiger partial charge on any atom is -0.348 e. The fourth-order valence-electron chi connectivity index (χ4n) is 6.41. The largest absolute Gasteiger partial charge is 0.348 e. The highest BCUT2D eigenvalue weighted by atomic mass is 16.7. The van der Waals surface area contributed by atoms with Gasteiger partial charge in [0.25, 0.3) is 0 Å². The SMILES string of the molecule is CCCCCCCC[C@@H]1CO[C@@H](c2ccc(-c3ccc([C@@H]4OC[C@@H](CCCCCCCC)[C@H](C)O4)cc3)cc2)O[C@H]1C. The summed E-state index contributed by atoms with van der Waals surface area (Å²) in [4.78, 5) is 0. The fourth-order valence-corrected chi connectivity index (χ4v) is 6.41. The van der Waals surface area contributed by atoms with Crippen LogP contribution in [0.4, 0.5) is 0 Å². The van der Waals surface area contributed by atoms with Gasteiger partial charge in [-0.15, -0.1) is 0 Å². The van der Waals surface area contributed by atoms with Crippen molar-refractivity contribution in [2.24, 2.45) is 11.8 Å². The molecule has 0 radical (unpaired) electrons. The second-order valence-electron chi connectivity index (χ2n) is 12.9. The predicted octanol–water partition coefficient (Wildman–Crippen LogP) is 11.0. The topological polar surface area (TPSA) is 36.9 Å². The molecule has 42 heavy (non-hydrogen) atoms. The van der Waals surface area contributed by atoms with E-state index < -0.39 is 0 Å². The van der Waals surface area contributed by atoms with E-state index >= 15 is 0 Å². The molecule has 4 rings (SSSR count). The molecule has 2 aliphatic rings. The van der Waals surface area contributed by atoms with Crippen LogP contribution in [0.5, 0.6) is 0 Å². The Balaban J connectivity index is 1.20. The lowest BCUT2D eigenvalue weighted by atomic mass is 9.95. The molecule has 0 bridgehead atoms. The lowest BCUT2D eigenvalue weighted by Crippen LogP contribution is -2.34. The smallest absolute Gasteiger partial charge is 0.184 e. The van der Waals surface area contributed by atoms with Gasteiger partial charge in [-0.1, -0.05) is 139 Å². The van der Waals surface area contributed by atoms with E-state index in [1.807, 2.05) is 0 Å². The van der Waals surface area contributed by atoms with Crippen molar-refractivity contribution >= 4 is 0 Å². The quantitative estimate of drug-likeness (QED) is 0.175. The summed E-state index contributed by atoms with van der Waals surface area (Å²) in [5.41, 5.74) is 4.56. The number of hydrogen-bond acceptors (Lipinski definition) is 4. The molecule has 0 spiro atoms. The van der Waals surface area contributed by atoms with E-state index in [1.54, 1.807) is 0 Å². The zero-order chi connectivity index (χ0) is 29.6. The summed E-state index contributed by atoms with van der Waals surface area (Å²) in [5.74, 6) is 0.994. The number of rotatable bonds is 17. The molecule has 0 aromatic heterocycles. The third kappa shape index (κ3) is 10.2. The minimum absolute atomic E-state index is 0.226. The second kappa shape index (κ2) is 18.2. The Morgan fingerprint density at radius 1 is 0.500 bits per heavy atom. The molecule has 2 aliphatic heterocycles. The monoisotopic (exact) mass is 578 g/mol. The zero-order valence-corrected chi connectivity index (χ0v) is 27.0. The van der Waals surface area contributed by atoms with E-state index in [9.17, 15) is 0 Å². The molecule has 0 saturated carbocycles. The van der Waals surface area contributed by atoms with Crippen LogP contribution in [0, 0.1) is 11.8 Å². The Bertz CT molecular complexity index is 906. The van der Waals surface area contributed by atoms with E-state index in [0.717, 1.165) is 24.3 Å². The van der Waals surface area contributed by atoms with Crippen LogP contribution in [-0.2, 0) is 18.9 Å². The van der Waals surface area contributed by atoms with Crippen LogP contribution in [0.15, 0.2) is 48.5 Å². The van der Waals surface area contributed by atoms with E-state index in [-0.39, 0.29) is 24.8 Å². The Morgan fingerprint density at radius 2 is 0.857 bits per heavy atom. The maximum atomic E-state index is 6.32. The van der Waals surface area contributed by atoms with Crippen molar-refractivity contribution in [2.75, 3.05) is 13.2 Å². The molecule has 4 heteroatoms. The summed E-state index contributed by atoms with van der Waals surface area (Å²) >= 11 is 0. The van der Waals surface area contributed by atoms with E-state index in [1.165, 1.54) is 101 Å². The first kappa shape index (κ1) is 33.2. The predicted molar refractivity (Wildman–Crippen MR) is 173 cm³/mol. The number of unbranched alkanes of at least 4 members (excludes halogenated alkanes) is 10. The molecule has 0 unspecified atom stereocenters. The van der Waals surface area contributed by atoms with Gasteiger partial charge >= 0.3 is 0 Å². The van der Waals surface area contributed by atoms with Crippen LogP contribution in [0.25, 0.3) is 11.1 Å². The van der Waals surface area contributed by atoms with Gasteiger partial charge < -0.3 is 18.9 Å². The first-order valence-corrected chi connectivity index (χ1v) is 17.3. The van der Waals surface area contributed by atoms with Gasteiger partial charge in [0.15, 0.2) is 12.6 Å². The fraction of sp³-hybridized carbons (Fsp3) is 0.684. The van der Waals surface area contributed by atoms with Crippen molar-refractivity contribution in [3.05, 3.63) is 59.7 Å². The molecule has 0 N–H and O–H groups in total. The zero-order valence-electron chi connectivity index (χ0n) is 27.0. The maximum absolute atomic E-state index is 6.32. The molecule has 2 saturated heterocycles. The van der Waals surface area contributed by atoms with Crippen LogP contribution >= 0.6 is 0 Å². The standard InChI is InChI=1S/C38H58O4/c1-5-7-9-11-13-15-17-35-27-39-37(41-29(35)3)33-23-19-31(20-24-33)32-21-25-34(26-22-32)38-40-28-36(30(4)42-38)18-16-14-12-10-8-6-2/h19-26,29-30,35-38H,5-18,27-28H2,1-4H3/t29-,30-,35+,36+,37+,38+/m0/s1. The van der Waals surface area contributed by atoms with Crippen molar-refractivity contribution in [1.29, 1.82) is 0 Å². The molecule has 2 fully saturated rings. The van der Waals surface area contributed by atoms with Crippen molar-refractivity contribution < 1.29 is 18.9 Å². The summed E-state index contributed by atoms with van der Waals surface area (Å²) in [7, 11) is 0. The van der Waals surface area contributed by atoms with E-state index in [4.69, 9.17) is 18.9 Å². The number of benzene rings is 2. The highest BCUT2D eigenvalue weighted by Crippen LogP contribution is 2.35. The lowest BCUT2D eigenvalue weighted by molar-refractivity contribution is -0.237. The highest BCUT2D eigenvalue weighted by molar-refractivity contribution is 5.64. The number of hydrogen-bond donors (Lipinski definition) is 0. The molecule has 4 nitrogen and oxygen atoms in total. The average Bonchev–Trinajstić information content (AvgIpc) is 3.02. The normalized spacial score (nSPS) is 26.4. The molecule has 2 aromatic carbocycles. The third-order valence-corrected chi connectivity index (χ3v) is 9.48. The average molecular weight is 579 g/mol. The lowest BCUT2D eigenvalue weighted by Gasteiger charge is -2.35. The number of ether oxygens (including phenoxy) is 4. The van der Waals surface area contributed by atoms with Gasteiger partial charge in [0.05, 0.1) is 25.4 Å². The van der Waals surface area contributed by atoms with Gasteiger partial charge in [-0.05, 0) is 37.8 Å². The summed E-state index contributed by atoms with van der Waals surface area (Å²) in [6.45, 7) is 10.5. The molecular weight excluding hydrogens is 520 g/mol. The first-order valence-electron chi connectivity index (χ1n) is 17.3. The highest BCUT2D eigenvalue weighted by Gasteiger charge is 2.30. The van der Waals surface area contributed by atoms with E-state index in [0.29, 0.717) is 11.8 Å². The maximum Gasteiger partial charge on any atom is 0.184 e. The van der Waals surface area contributed by atoms with E-state index in [2.05, 4.69) is 76.2 Å². The molecule has 0 aliphatic carbocycles. The molecule has 234 valence electrons. The molecular formula is C38H58O4. The van der Waals surface area contributed by atoms with Gasteiger partial charge in [0, 0.05) is 23.0 Å². The van der Waals surface area contributed by atoms with Crippen LogP contribution in [0.1, 0.15) is 141 Å². The Hall–Kier alpha value is -1.72. The van der Waals surface area contributed by atoms with Gasteiger partial charge in [-0.2, -0.15) is 0 Å². The summed E-state index contributed by atoms with van der Waals surface area (Å²) in [5, 5.41) is 0. The Morgan fingerprint density at radius 3 is 1.21 bits per heavy atom. The van der Waals surface area contributed by atoms with Crippen LogP contribution < -0.4 is 0 Å². The third-order valence-electron chi connectivity index (χ3n) is 9.48. The van der Waals surface area contributed by atoms with Gasteiger partial charge in [-0.3, -0.25) is 0 Å². The summed E-state index contributed by atoms with van der Waals surface area (Å²) < 4.78 is 25.0. The van der Waals surface area contributed by atoms with Crippen LogP contribution in [0.2, 0.25) is 0 Å². The van der Waals surface area contributed by atoms with Crippen LogP contribution in [-0.4, -0.2) is 25.4 Å². The van der Waals surface area contributed by atoms with Crippen molar-refractivity contribution in [3.63, 3.8) is 0 Å². The molecule has 2 heterocycles. The minimum atomic E-state index is -0.273. The second-order valence-corrected chi connectivity index (χ2v) is 12.9. The van der Waals surface area contributed by atoms with Gasteiger partial charge in [0.2, 0.25) is 0 Å². The molecule has 2 aromatic rings. The Labute approximate surface area is 256 Å². The summed E-state index contributed by atoms with van der Waals surface area (Å²) in [6.07, 6.45) is 18.3. The van der Waals surface area contributed by atoms with Crippen molar-refractivity contribution in [3.8, 4) is 11.1 Å². The first-order chi connectivity index (χ1) is 20.6. The van der Waals surface area contributed by atoms with Gasteiger partial charge in [0.1, 0.15) is 0 Å². The van der Waals surface area contributed by atoms with Crippen molar-refractivity contribution in [1.82, 2.24) is 0 Å². The Kier molecular flexibility index (Phi) is 14.4. The van der Waals surface area contributed by atoms with Crippen LogP contribution in [0.3, 0.4) is 0 Å². The summed E-state index contributed by atoms with van der Waals surface area (Å²) in [6, 6.07) is 17.3. The van der Waals surface area contributed by atoms with Crippen molar-refractivity contribution in [2.45, 2.75) is 142 Å².